The topological polar surface area (TPSA) is 87.0 Å². The molecule has 0 unspecified atom stereocenters. The van der Waals surface area contributed by atoms with Crippen molar-refractivity contribution < 1.29 is 4.79 Å². The van der Waals surface area contributed by atoms with Gasteiger partial charge in [0.05, 0.1) is 5.52 Å². The Balaban J connectivity index is 1.50. The quantitative estimate of drug-likeness (QED) is 0.614. The average Bonchev–Trinajstić information content (AvgIpc) is 3.31. The molecule has 0 aliphatic carbocycles. The van der Waals surface area contributed by atoms with Gasteiger partial charge in [-0.1, -0.05) is 12.1 Å². The van der Waals surface area contributed by atoms with Crippen molar-refractivity contribution in [2.24, 2.45) is 5.73 Å². The van der Waals surface area contributed by atoms with E-state index in [9.17, 15) is 4.79 Å². The van der Waals surface area contributed by atoms with Crippen molar-refractivity contribution in [2.45, 2.75) is 31.7 Å². The Labute approximate surface area is 165 Å². The number of anilines is 1. The maximum Gasteiger partial charge on any atom is 0.256 e. The van der Waals surface area contributed by atoms with Gasteiger partial charge >= 0.3 is 0 Å². The van der Waals surface area contributed by atoms with Crippen molar-refractivity contribution in [1.82, 2.24) is 14.9 Å². The molecule has 1 aromatic carbocycles. The van der Waals surface area contributed by atoms with Gasteiger partial charge in [0.1, 0.15) is 5.82 Å². The summed E-state index contributed by atoms with van der Waals surface area (Å²) in [7, 11) is 2.16. The third-order valence-electron chi connectivity index (χ3n) is 5.50. The summed E-state index contributed by atoms with van der Waals surface area (Å²) in [5.41, 5.74) is 9.55. The number of carbonyl (C=O) groups is 1. The highest BCUT2D eigenvalue weighted by Crippen LogP contribution is 2.32. The Kier molecular flexibility index (Phi) is 5.41. The van der Waals surface area contributed by atoms with Crippen molar-refractivity contribution in [3.05, 3.63) is 59.4 Å². The van der Waals surface area contributed by atoms with Gasteiger partial charge in [-0.25, -0.2) is 4.98 Å². The fraction of sp³-hybridized carbons (Fsp3) is 0.364. The lowest BCUT2D eigenvalue weighted by molar-refractivity contribution is 0.102. The zero-order chi connectivity index (χ0) is 19.5. The summed E-state index contributed by atoms with van der Waals surface area (Å²) in [6, 6.07) is 12.2. The first kappa shape index (κ1) is 18.7. The maximum atomic E-state index is 12.6. The summed E-state index contributed by atoms with van der Waals surface area (Å²) >= 11 is 0. The highest BCUT2D eigenvalue weighted by molar-refractivity contribution is 6.04. The highest BCUT2D eigenvalue weighted by Gasteiger charge is 2.24. The number of rotatable bonds is 6. The molecule has 0 saturated carbocycles. The zero-order valence-corrected chi connectivity index (χ0v) is 16.2. The first-order valence-corrected chi connectivity index (χ1v) is 9.93. The summed E-state index contributed by atoms with van der Waals surface area (Å²) in [5.74, 6) is 0.404. The molecule has 1 amide bonds. The SMILES string of the molecule is CN1CCC[C@@H]1c1cc2cnc(NC(=O)c3cccc(CCCN)c3)cc2[nH]1. The molecule has 1 atom stereocenters. The molecular weight excluding hydrogens is 350 g/mol. The number of pyridine rings is 1. The van der Waals surface area contributed by atoms with Gasteiger partial charge in [0, 0.05) is 34.9 Å². The first-order chi connectivity index (χ1) is 13.6. The van der Waals surface area contributed by atoms with E-state index in [0.717, 1.165) is 35.9 Å². The molecule has 1 saturated heterocycles. The lowest BCUT2D eigenvalue weighted by Crippen LogP contribution is -2.17. The number of aromatic nitrogens is 2. The number of aryl methyl sites for hydroxylation is 1. The van der Waals surface area contributed by atoms with Crippen LogP contribution in [0.4, 0.5) is 5.82 Å². The van der Waals surface area contributed by atoms with Gasteiger partial charge in [-0.3, -0.25) is 9.69 Å². The number of fused-ring (bicyclic) bond motifs is 1. The lowest BCUT2D eigenvalue weighted by atomic mass is 10.1. The highest BCUT2D eigenvalue weighted by atomic mass is 16.1. The van der Waals surface area contributed by atoms with Crippen LogP contribution < -0.4 is 11.1 Å². The zero-order valence-electron chi connectivity index (χ0n) is 16.2. The Morgan fingerprint density at radius 3 is 3.04 bits per heavy atom. The Morgan fingerprint density at radius 2 is 2.25 bits per heavy atom. The summed E-state index contributed by atoms with van der Waals surface area (Å²) in [4.78, 5) is 22.9. The molecule has 1 aliphatic rings. The minimum absolute atomic E-state index is 0.149. The molecule has 2 aromatic heterocycles. The number of hydrogen-bond acceptors (Lipinski definition) is 4. The molecule has 6 nitrogen and oxygen atoms in total. The standard InChI is InChI=1S/C22H27N5O/c1-27-10-4-8-20(27)19-12-17-14-24-21(13-18(17)25-19)26-22(28)16-7-2-5-15(11-16)6-3-9-23/h2,5,7,11-14,20,25H,3-4,6,8-10,23H2,1H3,(H,24,26,28)/t20-/m1/s1. The van der Waals surface area contributed by atoms with Crippen molar-refractivity contribution in [2.75, 3.05) is 25.5 Å². The fourth-order valence-corrected chi connectivity index (χ4v) is 3.96. The first-order valence-electron chi connectivity index (χ1n) is 9.93. The van der Waals surface area contributed by atoms with Crippen LogP contribution >= 0.6 is 0 Å². The van der Waals surface area contributed by atoms with Crippen LogP contribution in [0.2, 0.25) is 0 Å². The maximum absolute atomic E-state index is 12.6. The molecule has 6 heteroatoms. The van der Waals surface area contributed by atoms with Crippen LogP contribution in [0, 0.1) is 0 Å². The normalized spacial score (nSPS) is 17.3. The number of carbonyl (C=O) groups excluding carboxylic acids is 1. The Hall–Kier alpha value is -2.70. The third kappa shape index (κ3) is 3.93. The number of nitrogens with zero attached hydrogens (tertiary/aromatic N) is 2. The molecule has 28 heavy (non-hydrogen) atoms. The molecule has 1 fully saturated rings. The molecule has 3 heterocycles. The number of H-pyrrole nitrogens is 1. The van der Waals surface area contributed by atoms with Gasteiger partial charge in [0.25, 0.3) is 5.91 Å². The van der Waals surface area contributed by atoms with Crippen LogP contribution in [-0.2, 0) is 6.42 Å². The number of amides is 1. The smallest absolute Gasteiger partial charge is 0.256 e. The second kappa shape index (κ2) is 8.12. The van der Waals surface area contributed by atoms with Crippen molar-refractivity contribution in [1.29, 1.82) is 0 Å². The van der Waals surface area contributed by atoms with Gasteiger partial charge < -0.3 is 16.0 Å². The van der Waals surface area contributed by atoms with Crippen LogP contribution in [-0.4, -0.2) is 40.9 Å². The van der Waals surface area contributed by atoms with Crippen LogP contribution in [0.15, 0.2) is 42.6 Å². The fourth-order valence-electron chi connectivity index (χ4n) is 3.96. The van der Waals surface area contributed by atoms with Crippen LogP contribution in [0.5, 0.6) is 0 Å². The number of benzene rings is 1. The van der Waals surface area contributed by atoms with Gasteiger partial charge in [0.2, 0.25) is 0 Å². The molecule has 146 valence electrons. The molecule has 4 N–H and O–H groups in total. The second-order valence-electron chi connectivity index (χ2n) is 7.57. The van der Waals surface area contributed by atoms with E-state index in [2.05, 4.69) is 33.3 Å². The second-order valence-corrected chi connectivity index (χ2v) is 7.57. The van der Waals surface area contributed by atoms with Gasteiger partial charge in [-0.05, 0) is 69.6 Å². The average molecular weight is 377 g/mol. The number of aromatic amines is 1. The van der Waals surface area contributed by atoms with Crippen LogP contribution in [0.25, 0.3) is 10.9 Å². The van der Waals surface area contributed by atoms with E-state index in [0.29, 0.717) is 24.0 Å². The van der Waals surface area contributed by atoms with Crippen molar-refractivity contribution in [3.63, 3.8) is 0 Å². The van der Waals surface area contributed by atoms with Crippen LogP contribution in [0.1, 0.15) is 46.9 Å². The van der Waals surface area contributed by atoms with Gasteiger partial charge in [-0.2, -0.15) is 0 Å². The minimum atomic E-state index is -0.149. The largest absolute Gasteiger partial charge is 0.357 e. The summed E-state index contributed by atoms with van der Waals surface area (Å²) in [6.07, 6.45) is 6.00. The summed E-state index contributed by atoms with van der Waals surface area (Å²) < 4.78 is 0. The monoisotopic (exact) mass is 377 g/mol. The number of nitrogens with two attached hydrogens (primary N) is 1. The van der Waals surface area contributed by atoms with E-state index in [1.54, 1.807) is 0 Å². The summed E-state index contributed by atoms with van der Waals surface area (Å²) in [6.45, 7) is 1.78. The van der Waals surface area contributed by atoms with Crippen molar-refractivity contribution >= 4 is 22.6 Å². The number of nitrogens with one attached hydrogen (secondary N) is 2. The number of hydrogen-bond donors (Lipinski definition) is 3. The molecule has 0 radical (unpaired) electrons. The lowest BCUT2D eigenvalue weighted by Gasteiger charge is -2.17. The van der Waals surface area contributed by atoms with E-state index in [-0.39, 0.29) is 5.91 Å². The van der Waals surface area contributed by atoms with Gasteiger partial charge in [0.15, 0.2) is 0 Å². The molecule has 4 rings (SSSR count). The number of likely N-dealkylation sites (tertiary alicyclic amines) is 1. The van der Waals surface area contributed by atoms with E-state index < -0.39 is 0 Å². The Morgan fingerprint density at radius 1 is 1.36 bits per heavy atom. The molecule has 0 spiro atoms. The molecule has 1 aliphatic heterocycles. The van der Waals surface area contributed by atoms with E-state index in [4.69, 9.17) is 5.73 Å². The van der Waals surface area contributed by atoms with E-state index in [1.807, 2.05) is 36.5 Å². The van der Waals surface area contributed by atoms with E-state index >= 15 is 0 Å². The Bertz CT molecular complexity index is 980. The van der Waals surface area contributed by atoms with Crippen molar-refractivity contribution in [3.8, 4) is 0 Å². The summed E-state index contributed by atoms with van der Waals surface area (Å²) in [5, 5.41) is 3.98. The third-order valence-corrected chi connectivity index (χ3v) is 5.50. The van der Waals surface area contributed by atoms with Crippen LogP contribution in [0.3, 0.4) is 0 Å². The van der Waals surface area contributed by atoms with E-state index in [1.165, 1.54) is 18.5 Å². The van der Waals surface area contributed by atoms with Gasteiger partial charge in [-0.15, -0.1) is 0 Å². The molecule has 3 aromatic rings. The minimum Gasteiger partial charge on any atom is -0.357 e. The predicted octanol–water partition coefficient (Wildman–Crippen LogP) is 3.47. The molecule has 0 bridgehead atoms. The molecular formula is C22H27N5O. The predicted molar refractivity (Wildman–Crippen MR) is 112 cm³/mol.